The Morgan fingerprint density at radius 3 is 2.62 bits per heavy atom. The van der Waals surface area contributed by atoms with E-state index in [2.05, 4.69) is 0 Å². The van der Waals surface area contributed by atoms with E-state index >= 15 is 0 Å². The molecule has 2 aliphatic rings. The average Bonchev–Trinajstić information content (AvgIpc) is 2.27. The first-order valence-electron chi connectivity index (χ1n) is 5.48. The molecule has 16 heavy (non-hydrogen) atoms. The summed E-state index contributed by atoms with van der Waals surface area (Å²) in [7, 11) is 0. The summed E-state index contributed by atoms with van der Waals surface area (Å²) in [5.41, 5.74) is 0. The number of aliphatic hydroxyl groups excluding tert-OH is 2. The zero-order valence-electron chi connectivity index (χ0n) is 9.41. The number of hydrogen-bond donors (Lipinski definition) is 2. The van der Waals surface area contributed by atoms with Gasteiger partial charge in [0.1, 0.15) is 24.4 Å². The van der Waals surface area contributed by atoms with E-state index in [0.29, 0.717) is 6.61 Å². The average molecular weight is 234 g/mol. The highest BCUT2D eigenvalue weighted by molar-refractivity contribution is 4.89. The van der Waals surface area contributed by atoms with Crippen LogP contribution in [0.1, 0.15) is 13.8 Å². The van der Waals surface area contributed by atoms with Crippen LogP contribution in [0.25, 0.3) is 0 Å². The molecule has 0 aromatic heterocycles. The largest absolute Gasteiger partial charge is 0.394 e. The SMILES string of the molecule is CC1OC[C@H]2OC(C)O[C@H]([C@@H](O)CO)[C@@H]2O1. The molecule has 0 amide bonds. The van der Waals surface area contributed by atoms with Crippen LogP contribution in [0.2, 0.25) is 0 Å². The molecule has 0 aliphatic carbocycles. The summed E-state index contributed by atoms with van der Waals surface area (Å²) >= 11 is 0. The molecule has 6 atom stereocenters. The fourth-order valence-electron chi connectivity index (χ4n) is 2.07. The van der Waals surface area contributed by atoms with Gasteiger partial charge in [0.2, 0.25) is 0 Å². The first-order chi connectivity index (χ1) is 7.61. The van der Waals surface area contributed by atoms with Crippen molar-refractivity contribution in [2.24, 2.45) is 0 Å². The van der Waals surface area contributed by atoms with E-state index in [1.165, 1.54) is 0 Å². The molecule has 2 N–H and O–H groups in total. The van der Waals surface area contributed by atoms with Gasteiger partial charge in [0.15, 0.2) is 12.6 Å². The first-order valence-corrected chi connectivity index (χ1v) is 5.48. The normalized spacial score (nSPS) is 46.1. The highest BCUT2D eigenvalue weighted by Gasteiger charge is 2.45. The maximum absolute atomic E-state index is 9.67. The molecule has 2 heterocycles. The van der Waals surface area contributed by atoms with Crippen molar-refractivity contribution in [3.8, 4) is 0 Å². The summed E-state index contributed by atoms with van der Waals surface area (Å²) < 4.78 is 21.8. The number of hydrogen-bond acceptors (Lipinski definition) is 6. The third-order valence-corrected chi connectivity index (χ3v) is 2.82. The summed E-state index contributed by atoms with van der Waals surface area (Å²) in [6.45, 7) is 3.56. The minimum absolute atomic E-state index is 0.258. The van der Waals surface area contributed by atoms with Gasteiger partial charge in [-0.2, -0.15) is 0 Å². The molecule has 0 aromatic rings. The van der Waals surface area contributed by atoms with Crippen LogP contribution in [0.15, 0.2) is 0 Å². The van der Waals surface area contributed by atoms with Gasteiger partial charge in [0.25, 0.3) is 0 Å². The molecule has 94 valence electrons. The molecule has 2 unspecified atom stereocenters. The summed E-state index contributed by atoms with van der Waals surface area (Å²) in [6, 6.07) is 0. The smallest absolute Gasteiger partial charge is 0.156 e. The fourth-order valence-corrected chi connectivity index (χ4v) is 2.07. The number of rotatable bonds is 2. The molecule has 6 nitrogen and oxygen atoms in total. The van der Waals surface area contributed by atoms with Crippen LogP contribution in [-0.4, -0.2) is 60.4 Å². The standard InChI is InChI=1S/C10H18O6/c1-5-13-4-8-10(15-5)9(7(12)3-11)16-6(2)14-8/h5-12H,3-4H2,1-2H3/t5?,6?,7-,8+,9+,10+/m0/s1. The van der Waals surface area contributed by atoms with Crippen LogP contribution >= 0.6 is 0 Å². The lowest BCUT2D eigenvalue weighted by Gasteiger charge is -2.45. The minimum atomic E-state index is -0.968. The van der Waals surface area contributed by atoms with Gasteiger partial charge in [-0.25, -0.2) is 0 Å². The Labute approximate surface area is 94.1 Å². The maximum atomic E-state index is 9.67. The Morgan fingerprint density at radius 2 is 1.94 bits per heavy atom. The van der Waals surface area contributed by atoms with Gasteiger partial charge < -0.3 is 29.2 Å². The fraction of sp³-hybridized carbons (Fsp3) is 1.00. The van der Waals surface area contributed by atoms with Crippen molar-refractivity contribution in [1.82, 2.24) is 0 Å². The molecule has 0 spiro atoms. The monoisotopic (exact) mass is 234 g/mol. The number of ether oxygens (including phenoxy) is 4. The Morgan fingerprint density at radius 1 is 1.19 bits per heavy atom. The van der Waals surface area contributed by atoms with Crippen molar-refractivity contribution >= 4 is 0 Å². The van der Waals surface area contributed by atoms with Crippen molar-refractivity contribution in [3.63, 3.8) is 0 Å². The minimum Gasteiger partial charge on any atom is -0.394 e. The Kier molecular flexibility index (Phi) is 3.78. The van der Waals surface area contributed by atoms with E-state index < -0.39 is 24.6 Å². The molecule has 2 aliphatic heterocycles. The zero-order valence-corrected chi connectivity index (χ0v) is 9.41. The Bertz CT molecular complexity index is 233. The first kappa shape index (κ1) is 12.2. The Hall–Kier alpha value is -0.240. The predicted octanol–water partition coefficient (Wildman–Crippen LogP) is -0.769. The highest BCUT2D eigenvalue weighted by atomic mass is 16.8. The van der Waals surface area contributed by atoms with Gasteiger partial charge >= 0.3 is 0 Å². The van der Waals surface area contributed by atoms with E-state index in [1.54, 1.807) is 13.8 Å². The van der Waals surface area contributed by atoms with Gasteiger partial charge in [-0.1, -0.05) is 0 Å². The third kappa shape index (κ3) is 2.37. The van der Waals surface area contributed by atoms with E-state index in [-0.39, 0.29) is 19.0 Å². The summed E-state index contributed by atoms with van der Waals surface area (Å²) in [5.74, 6) is 0. The van der Waals surface area contributed by atoms with Crippen molar-refractivity contribution in [2.75, 3.05) is 13.2 Å². The van der Waals surface area contributed by atoms with Crippen LogP contribution in [-0.2, 0) is 18.9 Å². The van der Waals surface area contributed by atoms with Gasteiger partial charge in [-0.3, -0.25) is 0 Å². The second kappa shape index (κ2) is 4.95. The van der Waals surface area contributed by atoms with E-state index in [1.807, 2.05) is 0 Å². The van der Waals surface area contributed by atoms with Crippen LogP contribution in [0.3, 0.4) is 0 Å². The van der Waals surface area contributed by atoms with Gasteiger partial charge in [0.05, 0.1) is 13.2 Å². The molecule has 0 radical (unpaired) electrons. The molecule has 2 fully saturated rings. The van der Waals surface area contributed by atoms with Crippen molar-refractivity contribution in [2.45, 2.75) is 50.8 Å². The van der Waals surface area contributed by atoms with Crippen molar-refractivity contribution in [1.29, 1.82) is 0 Å². The van der Waals surface area contributed by atoms with E-state index in [9.17, 15) is 5.11 Å². The molecule has 2 rings (SSSR count). The number of fused-ring (bicyclic) bond motifs is 1. The molecule has 6 heteroatoms. The number of aliphatic hydroxyl groups is 2. The predicted molar refractivity (Wildman–Crippen MR) is 52.6 cm³/mol. The highest BCUT2D eigenvalue weighted by Crippen LogP contribution is 2.28. The zero-order chi connectivity index (χ0) is 11.7. The molecule has 2 saturated heterocycles. The van der Waals surface area contributed by atoms with Crippen molar-refractivity contribution < 1.29 is 29.2 Å². The quantitative estimate of drug-likeness (QED) is 0.653. The van der Waals surface area contributed by atoms with Crippen LogP contribution in [0.5, 0.6) is 0 Å². The lowest BCUT2D eigenvalue weighted by atomic mass is 10.0. The molecule has 0 aromatic carbocycles. The van der Waals surface area contributed by atoms with Crippen LogP contribution in [0, 0.1) is 0 Å². The second-order valence-corrected chi connectivity index (χ2v) is 4.09. The molecular formula is C10H18O6. The lowest BCUT2D eigenvalue weighted by Crippen LogP contribution is -2.60. The Balaban J connectivity index is 2.08. The van der Waals surface area contributed by atoms with Gasteiger partial charge in [-0.15, -0.1) is 0 Å². The van der Waals surface area contributed by atoms with Gasteiger partial charge in [0, 0.05) is 0 Å². The summed E-state index contributed by atoms with van der Waals surface area (Å²) in [6.07, 6.45) is -2.99. The van der Waals surface area contributed by atoms with E-state index in [4.69, 9.17) is 24.1 Å². The summed E-state index contributed by atoms with van der Waals surface area (Å²) in [5, 5.41) is 18.6. The van der Waals surface area contributed by atoms with E-state index in [0.717, 1.165) is 0 Å². The molecular weight excluding hydrogens is 216 g/mol. The summed E-state index contributed by atoms with van der Waals surface area (Å²) in [4.78, 5) is 0. The van der Waals surface area contributed by atoms with Crippen LogP contribution < -0.4 is 0 Å². The molecule has 0 saturated carbocycles. The van der Waals surface area contributed by atoms with Crippen LogP contribution in [0.4, 0.5) is 0 Å². The molecule has 0 bridgehead atoms. The maximum Gasteiger partial charge on any atom is 0.156 e. The second-order valence-electron chi connectivity index (χ2n) is 4.09. The third-order valence-electron chi connectivity index (χ3n) is 2.82. The van der Waals surface area contributed by atoms with Crippen molar-refractivity contribution in [3.05, 3.63) is 0 Å². The van der Waals surface area contributed by atoms with Gasteiger partial charge in [-0.05, 0) is 13.8 Å². The lowest BCUT2D eigenvalue weighted by molar-refractivity contribution is -0.361. The topological polar surface area (TPSA) is 77.4 Å².